The molecule has 0 heterocycles. The molecule has 0 aromatic carbocycles. The summed E-state index contributed by atoms with van der Waals surface area (Å²) < 4.78 is 0. The van der Waals surface area contributed by atoms with Crippen molar-refractivity contribution in [2.75, 3.05) is 13.6 Å². The highest BCUT2D eigenvalue weighted by Crippen LogP contribution is 2.49. The monoisotopic (exact) mass is 223 g/mol. The molecule has 3 heteroatoms. The Hall–Kier alpha value is -0.570. The van der Waals surface area contributed by atoms with Gasteiger partial charge in [0.05, 0.1) is 5.84 Å². The molecule has 0 aromatic rings. The Morgan fingerprint density at radius 3 is 2.44 bits per heavy atom. The summed E-state index contributed by atoms with van der Waals surface area (Å²) in [5.41, 5.74) is 5.91. The summed E-state index contributed by atoms with van der Waals surface area (Å²) in [7, 11) is 2.26. The van der Waals surface area contributed by atoms with Crippen molar-refractivity contribution in [3.05, 3.63) is 0 Å². The van der Waals surface area contributed by atoms with Crippen molar-refractivity contribution >= 4 is 5.84 Å². The predicted octanol–water partition coefficient (Wildman–Crippen LogP) is 2.36. The summed E-state index contributed by atoms with van der Waals surface area (Å²) >= 11 is 0. The van der Waals surface area contributed by atoms with Gasteiger partial charge in [0.2, 0.25) is 0 Å². The Labute approximate surface area is 98.9 Å². The van der Waals surface area contributed by atoms with E-state index in [0.29, 0.717) is 11.3 Å². The molecule has 0 spiro atoms. The molecule has 0 aliphatic heterocycles. The Morgan fingerprint density at radius 1 is 1.31 bits per heavy atom. The maximum absolute atomic E-state index is 7.44. The summed E-state index contributed by atoms with van der Waals surface area (Å²) in [6.45, 7) is 1.15. The standard InChI is InChI=1S/C13H25N3/c1-16(11-5-3-2-4-6-11)10-13(7-8-13)9-12(14)15/h11H,2-10H2,1H3,(H3,14,15). The maximum Gasteiger partial charge on any atom is 0.0911 e. The Balaban J connectivity index is 1.81. The van der Waals surface area contributed by atoms with Crippen molar-refractivity contribution in [2.24, 2.45) is 11.1 Å². The van der Waals surface area contributed by atoms with E-state index in [4.69, 9.17) is 11.1 Å². The summed E-state index contributed by atoms with van der Waals surface area (Å²) in [5.74, 6) is 0.370. The molecule has 2 saturated carbocycles. The van der Waals surface area contributed by atoms with E-state index >= 15 is 0 Å². The Bertz CT molecular complexity index is 252. The van der Waals surface area contributed by atoms with E-state index in [9.17, 15) is 0 Å². The van der Waals surface area contributed by atoms with Crippen molar-refractivity contribution < 1.29 is 0 Å². The minimum absolute atomic E-state index is 0.370. The van der Waals surface area contributed by atoms with Crippen LogP contribution in [0.25, 0.3) is 0 Å². The second-order valence-corrected chi connectivity index (χ2v) is 5.91. The first-order valence-corrected chi connectivity index (χ1v) is 6.64. The normalized spacial score (nSPS) is 24.6. The van der Waals surface area contributed by atoms with E-state index < -0.39 is 0 Å². The van der Waals surface area contributed by atoms with Gasteiger partial charge in [0.1, 0.15) is 0 Å². The molecule has 16 heavy (non-hydrogen) atoms. The van der Waals surface area contributed by atoms with Gasteiger partial charge < -0.3 is 10.6 Å². The molecule has 3 nitrogen and oxygen atoms in total. The molecule has 0 bridgehead atoms. The topological polar surface area (TPSA) is 53.1 Å². The van der Waals surface area contributed by atoms with Gasteiger partial charge in [-0.2, -0.15) is 0 Å². The SMILES string of the molecule is CN(CC1(CC(=N)N)CC1)C1CCCCC1. The highest BCUT2D eigenvalue weighted by Gasteiger charge is 2.44. The fourth-order valence-corrected chi connectivity index (χ4v) is 3.15. The number of hydrogen-bond donors (Lipinski definition) is 2. The minimum Gasteiger partial charge on any atom is -0.388 e. The van der Waals surface area contributed by atoms with Crippen LogP contribution in [0.3, 0.4) is 0 Å². The third-order valence-corrected chi connectivity index (χ3v) is 4.31. The molecule has 0 atom stereocenters. The number of rotatable bonds is 5. The quantitative estimate of drug-likeness (QED) is 0.555. The summed E-state index contributed by atoms with van der Waals surface area (Å²) in [6.07, 6.45) is 10.3. The number of nitrogens with two attached hydrogens (primary N) is 1. The smallest absolute Gasteiger partial charge is 0.0911 e. The maximum atomic E-state index is 7.44. The molecule has 0 aromatic heterocycles. The van der Waals surface area contributed by atoms with Crippen molar-refractivity contribution in [3.8, 4) is 0 Å². The lowest BCUT2D eigenvalue weighted by atomic mass is 9.92. The molecule has 0 amide bonds. The van der Waals surface area contributed by atoms with Crippen molar-refractivity contribution in [2.45, 2.75) is 57.4 Å². The summed E-state index contributed by atoms with van der Waals surface area (Å²) in [6, 6.07) is 0.790. The first kappa shape index (κ1) is 11.9. The average molecular weight is 223 g/mol. The van der Waals surface area contributed by atoms with Gasteiger partial charge in [-0.15, -0.1) is 0 Å². The van der Waals surface area contributed by atoms with Gasteiger partial charge >= 0.3 is 0 Å². The van der Waals surface area contributed by atoms with Crippen LogP contribution in [-0.4, -0.2) is 30.4 Å². The van der Waals surface area contributed by atoms with Crippen molar-refractivity contribution in [3.63, 3.8) is 0 Å². The van der Waals surface area contributed by atoms with Crippen LogP contribution < -0.4 is 5.73 Å². The van der Waals surface area contributed by atoms with Gasteiger partial charge in [-0.3, -0.25) is 5.41 Å². The van der Waals surface area contributed by atoms with Crippen molar-refractivity contribution in [1.29, 1.82) is 5.41 Å². The number of nitrogens with one attached hydrogen (secondary N) is 1. The molecule has 0 unspecified atom stereocenters. The minimum atomic E-state index is 0.370. The molecular formula is C13H25N3. The molecule has 0 radical (unpaired) electrons. The highest BCUT2D eigenvalue weighted by atomic mass is 15.1. The van der Waals surface area contributed by atoms with Crippen LogP contribution in [0.15, 0.2) is 0 Å². The fourth-order valence-electron chi connectivity index (χ4n) is 3.15. The number of nitrogens with zero attached hydrogens (tertiary/aromatic N) is 1. The van der Waals surface area contributed by atoms with Gasteiger partial charge in [-0.05, 0) is 38.1 Å². The third-order valence-electron chi connectivity index (χ3n) is 4.31. The first-order valence-electron chi connectivity index (χ1n) is 6.64. The second kappa shape index (κ2) is 4.74. The zero-order valence-electron chi connectivity index (χ0n) is 10.5. The molecule has 92 valence electrons. The van der Waals surface area contributed by atoms with Crippen LogP contribution in [0.5, 0.6) is 0 Å². The zero-order valence-corrected chi connectivity index (χ0v) is 10.5. The van der Waals surface area contributed by atoms with E-state index in [2.05, 4.69) is 11.9 Å². The van der Waals surface area contributed by atoms with E-state index in [0.717, 1.165) is 19.0 Å². The molecule has 0 saturated heterocycles. The van der Waals surface area contributed by atoms with Gasteiger partial charge in [0, 0.05) is 19.0 Å². The van der Waals surface area contributed by atoms with Gasteiger partial charge in [0.25, 0.3) is 0 Å². The fraction of sp³-hybridized carbons (Fsp3) is 0.923. The second-order valence-electron chi connectivity index (χ2n) is 5.91. The van der Waals surface area contributed by atoms with E-state index in [1.54, 1.807) is 0 Å². The van der Waals surface area contributed by atoms with Crippen LogP contribution in [0.4, 0.5) is 0 Å². The van der Waals surface area contributed by atoms with Gasteiger partial charge in [0.15, 0.2) is 0 Å². The first-order chi connectivity index (χ1) is 7.61. The van der Waals surface area contributed by atoms with Crippen LogP contribution in [0.2, 0.25) is 0 Å². The number of amidine groups is 1. The van der Waals surface area contributed by atoms with Crippen LogP contribution in [0, 0.1) is 10.8 Å². The molecule has 3 N–H and O–H groups in total. The van der Waals surface area contributed by atoms with Crippen molar-refractivity contribution in [1.82, 2.24) is 4.90 Å². The molecular weight excluding hydrogens is 198 g/mol. The van der Waals surface area contributed by atoms with Crippen LogP contribution >= 0.6 is 0 Å². The summed E-state index contributed by atoms with van der Waals surface area (Å²) in [4.78, 5) is 2.54. The van der Waals surface area contributed by atoms with E-state index in [-0.39, 0.29) is 0 Å². The zero-order chi connectivity index (χ0) is 11.6. The lowest BCUT2D eigenvalue weighted by Crippen LogP contribution is -2.38. The third kappa shape index (κ3) is 2.97. The molecule has 2 rings (SSSR count). The van der Waals surface area contributed by atoms with Gasteiger partial charge in [-0.1, -0.05) is 19.3 Å². The van der Waals surface area contributed by atoms with Crippen LogP contribution in [-0.2, 0) is 0 Å². The van der Waals surface area contributed by atoms with E-state index in [1.165, 1.54) is 44.9 Å². The van der Waals surface area contributed by atoms with E-state index in [1.807, 2.05) is 0 Å². The van der Waals surface area contributed by atoms with Gasteiger partial charge in [-0.25, -0.2) is 0 Å². The average Bonchev–Trinajstić information content (AvgIpc) is 2.98. The lowest BCUT2D eigenvalue weighted by Gasteiger charge is -2.33. The lowest BCUT2D eigenvalue weighted by molar-refractivity contribution is 0.160. The Kier molecular flexibility index (Phi) is 3.53. The largest absolute Gasteiger partial charge is 0.388 e. The Morgan fingerprint density at radius 2 is 1.94 bits per heavy atom. The molecule has 2 aliphatic rings. The highest BCUT2D eigenvalue weighted by molar-refractivity contribution is 5.78. The van der Waals surface area contributed by atoms with Crippen LogP contribution in [0.1, 0.15) is 51.4 Å². The summed E-state index contributed by atoms with van der Waals surface area (Å²) in [5, 5.41) is 7.44. The number of hydrogen-bond acceptors (Lipinski definition) is 2. The predicted molar refractivity (Wildman–Crippen MR) is 67.7 cm³/mol. The molecule has 2 fully saturated rings. The molecule has 2 aliphatic carbocycles.